The van der Waals surface area contributed by atoms with Crippen molar-refractivity contribution in [3.05, 3.63) is 71.4 Å². The van der Waals surface area contributed by atoms with E-state index in [1.807, 2.05) is 0 Å². The molecule has 2 rings (SSSR count). The maximum atomic E-state index is 12.4. The molecule has 0 saturated heterocycles. The van der Waals surface area contributed by atoms with Crippen molar-refractivity contribution in [1.82, 2.24) is 5.32 Å². The number of hydrogen-bond donors (Lipinski definition) is 3. The summed E-state index contributed by atoms with van der Waals surface area (Å²) in [6.45, 7) is 1.84. The lowest BCUT2D eigenvalue weighted by Gasteiger charge is -2.10. The van der Waals surface area contributed by atoms with Crippen molar-refractivity contribution in [1.29, 1.82) is 5.26 Å². The smallest absolute Gasteiger partial charge is 0.340 e. The number of amides is 2. The van der Waals surface area contributed by atoms with Crippen LogP contribution in [0, 0.1) is 11.3 Å². The Morgan fingerprint density at radius 3 is 2.39 bits per heavy atom. The van der Waals surface area contributed by atoms with Gasteiger partial charge < -0.3 is 21.1 Å². The van der Waals surface area contributed by atoms with Gasteiger partial charge in [0.05, 0.1) is 23.4 Å². The van der Waals surface area contributed by atoms with E-state index >= 15 is 0 Å². The summed E-state index contributed by atoms with van der Waals surface area (Å²) < 4.78 is 4.94. The van der Waals surface area contributed by atoms with Crippen molar-refractivity contribution in [3.8, 4) is 6.07 Å². The van der Waals surface area contributed by atoms with Gasteiger partial charge in [0.25, 0.3) is 11.8 Å². The lowest BCUT2D eigenvalue weighted by Crippen LogP contribution is -2.22. The monoisotopic (exact) mass is 378 g/mol. The standard InChI is InChI=1S/C20H18N4O4/c1-2-28-20(27)15-8-4-6-10-17(15)24-18(25)13(11-21)12-23-19(26)14-7-3-5-9-16(14)22/h3-10,12H,2,22H2,1H3,(H,23,26)(H,24,25)/b13-12-. The van der Waals surface area contributed by atoms with Crippen LogP contribution < -0.4 is 16.4 Å². The first kappa shape index (κ1) is 20.2. The van der Waals surface area contributed by atoms with Gasteiger partial charge in [0.2, 0.25) is 0 Å². The van der Waals surface area contributed by atoms with Crippen molar-refractivity contribution < 1.29 is 19.1 Å². The minimum absolute atomic E-state index is 0.149. The summed E-state index contributed by atoms with van der Waals surface area (Å²) in [6, 6.07) is 14.3. The van der Waals surface area contributed by atoms with E-state index in [0.717, 1.165) is 6.20 Å². The van der Waals surface area contributed by atoms with Gasteiger partial charge in [-0.25, -0.2) is 4.79 Å². The minimum atomic E-state index is -0.791. The molecule has 2 aromatic rings. The third kappa shape index (κ3) is 4.95. The summed E-state index contributed by atoms with van der Waals surface area (Å²) in [7, 11) is 0. The second-order valence-corrected chi connectivity index (χ2v) is 5.45. The number of nitrogen functional groups attached to an aromatic ring is 1. The summed E-state index contributed by atoms with van der Waals surface area (Å²) >= 11 is 0. The molecule has 0 heterocycles. The van der Waals surface area contributed by atoms with Gasteiger partial charge in [-0.2, -0.15) is 5.26 Å². The molecule has 0 saturated carbocycles. The van der Waals surface area contributed by atoms with Crippen LogP contribution in [0.3, 0.4) is 0 Å². The van der Waals surface area contributed by atoms with Crippen LogP contribution in [-0.4, -0.2) is 24.4 Å². The summed E-state index contributed by atoms with van der Waals surface area (Å²) in [5.74, 6) is -1.96. The molecule has 4 N–H and O–H groups in total. The Labute approximate surface area is 161 Å². The maximum absolute atomic E-state index is 12.4. The van der Waals surface area contributed by atoms with Crippen LogP contribution in [0.4, 0.5) is 11.4 Å². The highest BCUT2D eigenvalue weighted by molar-refractivity contribution is 6.10. The third-order valence-corrected chi connectivity index (χ3v) is 3.59. The Balaban J connectivity index is 2.15. The van der Waals surface area contributed by atoms with Crippen molar-refractivity contribution in [2.75, 3.05) is 17.7 Å². The van der Waals surface area contributed by atoms with Crippen molar-refractivity contribution in [3.63, 3.8) is 0 Å². The molecule has 0 fully saturated rings. The normalized spacial score (nSPS) is 10.5. The van der Waals surface area contributed by atoms with E-state index in [0.29, 0.717) is 0 Å². The zero-order valence-electron chi connectivity index (χ0n) is 15.1. The van der Waals surface area contributed by atoms with Crippen LogP contribution in [0.2, 0.25) is 0 Å². The van der Waals surface area contributed by atoms with Crippen LogP contribution in [0.1, 0.15) is 27.6 Å². The molecule has 2 aromatic carbocycles. The van der Waals surface area contributed by atoms with E-state index < -0.39 is 17.8 Å². The molecular formula is C20H18N4O4. The first-order valence-electron chi connectivity index (χ1n) is 8.31. The Kier molecular flexibility index (Phi) is 6.88. The van der Waals surface area contributed by atoms with Crippen LogP contribution in [-0.2, 0) is 9.53 Å². The number of hydrogen-bond acceptors (Lipinski definition) is 6. The fourth-order valence-corrected chi connectivity index (χ4v) is 2.24. The van der Waals surface area contributed by atoms with E-state index in [2.05, 4.69) is 10.6 Å². The van der Waals surface area contributed by atoms with Crippen molar-refractivity contribution >= 4 is 29.2 Å². The predicted molar refractivity (Wildman–Crippen MR) is 103 cm³/mol. The molecule has 0 bridgehead atoms. The highest BCUT2D eigenvalue weighted by atomic mass is 16.5. The molecule has 8 heteroatoms. The predicted octanol–water partition coefficient (Wildman–Crippen LogP) is 2.22. The highest BCUT2D eigenvalue weighted by Gasteiger charge is 2.17. The van der Waals surface area contributed by atoms with Gasteiger partial charge in [-0.3, -0.25) is 9.59 Å². The number of rotatable bonds is 6. The second-order valence-electron chi connectivity index (χ2n) is 5.45. The molecule has 0 aliphatic heterocycles. The first-order valence-corrected chi connectivity index (χ1v) is 8.31. The summed E-state index contributed by atoms with van der Waals surface area (Å²) in [4.78, 5) is 36.5. The molecule has 0 radical (unpaired) electrons. The van der Waals surface area contributed by atoms with E-state index in [9.17, 15) is 19.6 Å². The Morgan fingerprint density at radius 1 is 1.11 bits per heavy atom. The topological polar surface area (TPSA) is 134 Å². The van der Waals surface area contributed by atoms with Gasteiger partial charge in [-0.1, -0.05) is 24.3 Å². The largest absolute Gasteiger partial charge is 0.462 e. The molecular weight excluding hydrogens is 360 g/mol. The van der Waals surface area contributed by atoms with E-state index in [1.165, 1.54) is 18.2 Å². The van der Waals surface area contributed by atoms with Crippen LogP contribution in [0.25, 0.3) is 0 Å². The number of nitriles is 1. The van der Waals surface area contributed by atoms with E-state index in [1.54, 1.807) is 43.3 Å². The van der Waals surface area contributed by atoms with Gasteiger partial charge >= 0.3 is 5.97 Å². The number of carbonyl (C=O) groups is 3. The van der Waals surface area contributed by atoms with Crippen molar-refractivity contribution in [2.24, 2.45) is 0 Å². The summed E-state index contributed by atoms with van der Waals surface area (Å²) in [5.41, 5.74) is 6.17. The molecule has 0 spiro atoms. The average Bonchev–Trinajstić information content (AvgIpc) is 2.69. The molecule has 142 valence electrons. The molecule has 0 aliphatic carbocycles. The van der Waals surface area contributed by atoms with Crippen molar-refractivity contribution in [2.45, 2.75) is 6.92 Å². The summed E-state index contributed by atoms with van der Waals surface area (Å²) in [6.07, 6.45) is 0.983. The Bertz CT molecular complexity index is 976. The molecule has 0 aliphatic rings. The van der Waals surface area contributed by atoms with Crippen LogP contribution in [0.5, 0.6) is 0 Å². The van der Waals surface area contributed by atoms with Gasteiger partial charge in [0, 0.05) is 11.9 Å². The fourth-order valence-electron chi connectivity index (χ4n) is 2.24. The first-order chi connectivity index (χ1) is 13.5. The molecule has 8 nitrogen and oxygen atoms in total. The number of nitrogens with one attached hydrogen (secondary N) is 2. The van der Waals surface area contributed by atoms with Gasteiger partial charge in [0.15, 0.2) is 0 Å². The number of esters is 1. The number of anilines is 2. The lowest BCUT2D eigenvalue weighted by atomic mass is 10.1. The van der Waals surface area contributed by atoms with Crippen LogP contribution >= 0.6 is 0 Å². The lowest BCUT2D eigenvalue weighted by molar-refractivity contribution is -0.112. The number of nitrogens with two attached hydrogens (primary N) is 1. The number of nitrogens with zero attached hydrogens (tertiary/aromatic N) is 1. The zero-order chi connectivity index (χ0) is 20.5. The fraction of sp³-hybridized carbons (Fsp3) is 0.100. The average molecular weight is 378 g/mol. The van der Waals surface area contributed by atoms with Gasteiger partial charge in [0.1, 0.15) is 11.6 Å². The number of benzene rings is 2. The maximum Gasteiger partial charge on any atom is 0.340 e. The van der Waals surface area contributed by atoms with E-state index in [4.69, 9.17) is 10.5 Å². The van der Waals surface area contributed by atoms with Crippen LogP contribution in [0.15, 0.2) is 60.3 Å². The summed E-state index contributed by atoms with van der Waals surface area (Å²) in [5, 5.41) is 14.1. The molecule has 0 unspecified atom stereocenters. The van der Waals surface area contributed by atoms with E-state index in [-0.39, 0.29) is 34.7 Å². The minimum Gasteiger partial charge on any atom is -0.462 e. The zero-order valence-corrected chi connectivity index (χ0v) is 15.1. The number of para-hydroxylation sites is 2. The molecule has 0 atom stereocenters. The number of carbonyl (C=O) groups excluding carboxylic acids is 3. The van der Waals surface area contributed by atoms with Gasteiger partial charge in [-0.15, -0.1) is 0 Å². The molecule has 0 aromatic heterocycles. The Hall–Kier alpha value is -4.12. The number of ether oxygens (including phenoxy) is 1. The quantitative estimate of drug-likeness (QED) is 0.305. The third-order valence-electron chi connectivity index (χ3n) is 3.59. The molecule has 2 amide bonds. The van der Waals surface area contributed by atoms with Gasteiger partial charge in [-0.05, 0) is 31.2 Å². The highest BCUT2D eigenvalue weighted by Crippen LogP contribution is 2.17. The molecule has 28 heavy (non-hydrogen) atoms. The second kappa shape index (κ2) is 9.54. The Morgan fingerprint density at radius 2 is 1.75 bits per heavy atom. The SMILES string of the molecule is CCOC(=O)c1ccccc1NC(=O)/C(C#N)=C\NC(=O)c1ccccc1N.